The van der Waals surface area contributed by atoms with Crippen LogP contribution in [0.2, 0.25) is 0 Å². The SMILES string of the molecule is C=CC(=O)OCCC(=O)Oc1cc[n+](CCCS(=O)(=O)O)cc1. The summed E-state index contributed by atoms with van der Waals surface area (Å²) in [6, 6.07) is 3.09. The second-order valence-electron chi connectivity index (χ2n) is 4.51. The van der Waals surface area contributed by atoms with Gasteiger partial charge in [-0.05, 0) is 0 Å². The minimum Gasteiger partial charge on any atom is -0.462 e. The van der Waals surface area contributed by atoms with Crippen LogP contribution in [0.1, 0.15) is 12.8 Å². The smallest absolute Gasteiger partial charge is 0.330 e. The zero-order valence-corrected chi connectivity index (χ0v) is 13.2. The maximum Gasteiger partial charge on any atom is 0.330 e. The van der Waals surface area contributed by atoms with Gasteiger partial charge < -0.3 is 9.47 Å². The molecular formula is C14H18NO7S+. The molecule has 8 nitrogen and oxygen atoms in total. The highest BCUT2D eigenvalue weighted by molar-refractivity contribution is 7.85. The van der Waals surface area contributed by atoms with Crippen molar-refractivity contribution in [3.63, 3.8) is 0 Å². The first kappa shape index (κ1) is 18.8. The zero-order valence-electron chi connectivity index (χ0n) is 12.4. The molecule has 1 rings (SSSR count). The van der Waals surface area contributed by atoms with Gasteiger partial charge in [0.15, 0.2) is 12.4 Å². The Morgan fingerprint density at radius 1 is 1.30 bits per heavy atom. The van der Waals surface area contributed by atoms with Crippen molar-refractivity contribution < 1.29 is 36.6 Å². The molecule has 0 amide bonds. The van der Waals surface area contributed by atoms with Crippen LogP contribution in [0.3, 0.4) is 0 Å². The lowest BCUT2D eigenvalue weighted by atomic mass is 10.4. The number of ether oxygens (including phenoxy) is 2. The molecule has 1 N–H and O–H groups in total. The first-order chi connectivity index (χ1) is 10.8. The Balaban J connectivity index is 2.37. The van der Waals surface area contributed by atoms with E-state index in [2.05, 4.69) is 11.3 Å². The summed E-state index contributed by atoms with van der Waals surface area (Å²) in [7, 11) is -3.96. The molecule has 0 atom stereocenters. The Morgan fingerprint density at radius 2 is 1.96 bits per heavy atom. The van der Waals surface area contributed by atoms with Crippen LogP contribution in [0.4, 0.5) is 0 Å². The fourth-order valence-electron chi connectivity index (χ4n) is 1.57. The highest BCUT2D eigenvalue weighted by Gasteiger charge is 2.10. The maximum absolute atomic E-state index is 11.5. The quantitative estimate of drug-likeness (QED) is 0.296. The third-order valence-corrected chi connectivity index (χ3v) is 3.43. The van der Waals surface area contributed by atoms with E-state index in [1.54, 1.807) is 29.1 Å². The van der Waals surface area contributed by atoms with Crippen LogP contribution in [-0.4, -0.2) is 37.3 Å². The molecule has 23 heavy (non-hydrogen) atoms. The fourth-order valence-corrected chi connectivity index (χ4v) is 2.06. The van der Waals surface area contributed by atoms with Crippen molar-refractivity contribution in [2.75, 3.05) is 12.4 Å². The molecule has 126 valence electrons. The van der Waals surface area contributed by atoms with Gasteiger partial charge in [0.25, 0.3) is 10.1 Å². The number of esters is 2. The van der Waals surface area contributed by atoms with Crippen molar-refractivity contribution in [3.8, 4) is 5.75 Å². The third kappa shape index (κ3) is 8.69. The summed E-state index contributed by atoms with van der Waals surface area (Å²) in [5.74, 6) is -1.16. The first-order valence-corrected chi connectivity index (χ1v) is 8.35. The molecule has 0 bridgehead atoms. The maximum atomic E-state index is 11.5. The molecule has 0 radical (unpaired) electrons. The van der Waals surface area contributed by atoms with Crippen LogP contribution in [0, 0.1) is 0 Å². The van der Waals surface area contributed by atoms with Crippen LogP contribution >= 0.6 is 0 Å². The van der Waals surface area contributed by atoms with Crippen LogP contribution in [0.15, 0.2) is 37.2 Å². The Bertz CT molecular complexity index is 652. The Morgan fingerprint density at radius 3 is 2.52 bits per heavy atom. The van der Waals surface area contributed by atoms with Crippen LogP contribution in [0.5, 0.6) is 5.75 Å². The highest BCUT2D eigenvalue weighted by atomic mass is 32.2. The number of pyridine rings is 1. The van der Waals surface area contributed by atoms with Gasteiger partial charge in [0.1, 0.15) is 18.9 Å². The molecule has 0 saturated heterocycles. The Hall–Kier alpha value is -2.26. The Labute approximate surface area is 134 Å². The molecule has 0 aliphatic carbocycles. The van der Waals surface area contributed by atoms with E-state index in [0.29, 0.717) is 12.3 Å². The van der Waals surface area contributed by atoms with Crippen molar-refractivity contribution in [1.29, 1.82) is 0 Å². The van der Waals surface area contributed by atoms with Gasteiger partial charge in [0.2, 0.25) is 0 Å². The normalized spacial score (nSPS) is 10.8. The zero-order chi connectivity index (χ0) is 17.3. The average molecular weight is 344 g/mol. The highest BCUT2D eigenvalue weighted by Crippen LogP contribution is 2.07. The Kier molecular flexibility index (Phi) is 7.36. The van der Waals surface area contributed by atoms with Crippen LogP contribution in [0.25, 0.3) is 0 Å². The van der Waals surface area contributed by atoms with Gasteiger partial charge in [-0.1, -0.05) is 6.58 Å². The lowest BCUT2D eigenvalue weighted by Gasteiger charge is -2.04. The fraction of sp³-hybridized carbons (Fsp3) is 0.357. The van der Waals surface area contributed by atoms with Crippen molar-refractivity contribution in [3.05, 3.63) is 37.2 Å². The molecule has 0 aliphatic rings. The summed E-state index contributed by atoms with van der Waals surface area (Å²) in [6.07, 6.45) is 4.41. The van der Waals surface area contributed by atoms with Crippen LogP contribution < -0.4 is 9.30 Å². The van der Waals surface area contributed by atoms with Gasteiger partial charge in [-0.2, -0.15) is 8.42 Å². The summed E-state index contributed by atoms with van der Waals surface area (Å²) in [5, 5.41) is 0. The van der Waals surface area contributed by atoms with Crippen molar-refractivity contribution in [1.82, 2.24) is 0 Å². The first-order valence-electron chi connectivity index (χ1n) is 6.74. The summed E-state index contributed by atoms with van der Waals surface area (Å²) in [6.45, 7) is 3.53. The monoisotopic (exact) mass is 344 g/mol. The number of carbonyl (C=O) groups excluding carboxylic acids is 2. The molecular weight excluding hydrogens is 326 g/mol. The average Bonchev–Trinajstić information content (AvgIpc) is 2.47. The van der Waals surface area contributed by atoms with Crippen molar-refractivity contribution in [2.45, 2.75) is 19.4 Å². The minimum atomic E-state index is -3.96. The topological polar surface area (TPSA) is 111 Å². The lowest BCUT2D eigenvalue weighted by Crippen LogP contribution is -2.33. The number of nitrogens with zero attached hydrogens (tertiary/aromatic N) is 1. The molecule has 1 heterocycles. The van der Waals surface area contributed by atoms with Gasteiger partial charge in [-0.25, -0.2) is 9.36 Å². The summed E-state index contributed by atoms with van der Waals surface area (Å²) in [5.41, 5.74) is 0. The molecule has 0 spiro atoms. The number of aromatic nitrogens is 1. The second kappa shape index (κ2) is 9.01. The van der Waals surface area contributed by atoms with E-state index in [1.165, 1.54) is 0 Å². The van der Waals surface area contributed by atoms with E-state index in [0.717, 1.165) is 6.08 Å². The van der Waals surface area contributed by atoms with Crippen molar-refractivity contribution in [2.24, 2.45) is 0 Å². The molecule has 1 aromatic heterocycles. The second-order valence-corrected chi connectivity index (χ2v) is 6.08. The largest absolute Gasteiger partial charge is 0.462 e. The van der Waals surface area contributed by atoms with E-state index < -0.39 is 22.1 Å². The van der Waals surface area contributed by atoms with E-state index in [9.17, 15) is 18.0 Å². The lowest BCUT2D eigenvalue weighted by molar-refractivity contribution is -0.696. The summed E-state index contributed by atoms with van der Waals surface area (Å²) in [4.78, 5) is 22.3. The predicted octanol–water partition coefficient (Wildman–Crippen LogP) is 0.277. The minimum absolute atomic E-state index is 0.0805. The number of carbonyl (C=O) groups is 2. The summed E-state index contributed by atoms with van der Waals surface area (Å²) >= 11 is 0. The molecule has 1 aromatic rings. The van der Waals surface area contributed by atoms with Crippen LogP contribution in [-0.2, 0) is 31.0 Å². The number of rotatable bonds is 9. The number of hydrogen-bond acceptors (Lipinski definition) is 6. The molecule has 0 aliphatic heterocycles. The van der Waals surface area contributed by atoms with Gasteiger partial charge in [-0.3, -0.25) is 9.35 Å². The van der Waals surface area contributed by atoms with Gasteiger partial charge in [-0.15, -0.1) is 0 Å². The van der Waals surface area contributed by atoms with E-state index >= 15 is 0 Å². The van der Waals surface area contributed by atoms with Gasteiger partial charge in [0.05, 0.1) is 12.2 Å². The molecule has 0 unspecified atom stereocenters. The van der Waals surface area contributed by atoms with Gasteiger partial charge in [0, 0.05) is 24.6 Å². The molecule has 0 aromatic carbocycles. The van der Waals surface area contributed by atoms with Crippen molar-refractivity contribution >= 4 is 22.1 Å². The predicted molar refractivity (Wildman–Crippen MR) is 79.1 cm³/mol. The standard InChI is InChI=1S/C14H17NO7S/c1-2-13(16)21-10-6-14(17)22-12-4-8-15(9-5-12)7-3-11-23(18,19)20/h2,4-5,8-9H,1,3,6-7,10-11H2/p+1. The molecule has 0 saturated carbocycles. The number of aryl methyl sites for hydroxylation is 1. The summed E-state index contributed by atoms with van der Waals surface area (Å²) < 4.78 is 41.2. The molecule has 0 fully saturated rings. The molecule has 9 heteroatoms. The van der Waals surface area contributed by atoms with E-state index in [1.807, 2.05) is 0 Å². The van der Waals surface area contributed by atoms with E-state index in [-0.39, 0.29) is 25.2 Å². The number of hydrogen-bond donors (Lipinski definition) is 1. The van der Waals surface area contributed by atoms with Gasteiger partial charge >= 0.3 is 11.9 Å². The van der Waals surface area contributed by atoms with E-state index in [4.69, 9.17) is 9.29 Å². The third-order valence-electron chi connectivity index (χ3n) is 2.63.